The average Bonchev–Trinajstić information content (AvgIpc) is 3.98. The van der Waals surface area contributed by atoms with Crippen LogP contribution >= 0.6 is 0 Å². The van der Waals surface area contributed by atoms with E-state index in [-0.39, 0.29) is 74.6 Å². The number of phenolic OH excluding ortho intramolecular Hbond substituents is 1. The first kappa shape index (κ1) is 48.2. The average molecular weight is 896 g/mol. The van der Waals surface area contributed by atoms with E-state index in [0.29, 0.717) is 23.2 Å². The topological polar surface area (TPSA) is 351 Å². The summed E-state index contributed by atoms with van der Waals surface area (Å²) >= 11 is 0. The lowest BCUT2D eigenvalue weighted by atomic mass is 10.0. The smallest absolute Gasteiger partial charge is 0.326 e. The number of rotatable bonds is 22. The van der Waals surface area contributed by atoms with E-state index in [1.165, 1.54) is 35.6 Å². The number of carbonyl (C=O) groups is 7. The number of amides is 5. The Morgan fingerprint density at radius 1 is 0.846 bits per heavy atom. The fourth-order valence-electron chi connectivity index (χ4n) is 7.29. The highest BCUT2D eigenvalue weighted by Crippen LogP contribution is 2.23. The van der Waals surface area contributed by atoms with Crippen LogP contribution in [0.15, 0.2) is 90.3 Å². The molecule has 0 unspecified atom stereocenters. The van der Waals surface area contributed by atoms with Crippen LogP contribution in [-0.2, 0) is 48.0 Å². The molecule has 1 saturated heterocycles. The first-order chi connectivity index (χ1) is 31.1. The highest BCUT2D eigenvalue weighted by Gasteiger charge is 2.39. The number of aromatic hydroxyl groups is 1. The van der Waals surface area contributed by atoms with E-state index in [1.807, 2.05) is 0 Å². The molecule has 1 aliphatic rings. The Labute approximate surface area is 373 Å². The largest absolute Gasteiger partial charge is 0.508 e. The van der Waals surface area contributed by atoms with E-state index in [9.17, 15) is 43.8 Å². The number of carboxylic acid groups (broad SMARTS) is 2. The van der Waals surface area contributed by atoms with E-state index in [0.717, 1.165) is 5.56 Å². The molecular formula is C44H53N11O10. The van der Waals surface area contributed by atoms with Crippen molar-refractivity contribution in [3.8, 4) is 5.75 Å². The first-order valence-corrected chi connectivity index (χ1v) is 20.8. The third-order valence-electron chi connectivity index (χ3n) is 10.5. The van der Waals surface area contributed by atoms with Crippen LogP contribution < -0.4 is 38.5 Å². The van der Waals surface area contributed by atoms with Gasteiger partial charge in [0.15, 0.2) is 5.96 Å². The molecule has 0 aliphatic carbocycles. The molecule has 14 N–H and O–H groups in total. The fourth-order valence-corrected chi connectivity index (χ4v) is 7.29. The number of phenols is 1. The molecule has 65 heavy (non-hydrogen) atoms. The number of benzene rings is 3. The zero-order valence-electron chi connectivity index (χ0n) is 35.3. The van der Waals surface area contributed by atoms with Gasteiger partial charge in [0.1, 0.15) is 29.9 Å². The van der Waals surface area contributed by atoms with Crippen molar-refractivity contribution < 1.29 is 48.9 Å². The van der Waals surface area contributed by atoms with Gasteiger partial charge >= 0.3 is 11.9 Å². The van der Waals surface area contributed by atoms with Gasteiger partial charge in [-0.2, -0.15) is 0 Å². The number of carboxylic acids is 2. The molecule has 21 heteroatoms. The monoisotopic (exact) mass is 895 g/mol. The van der Waals surface area contributed by atoms with E-state index < -0.39 is 78.1 Å². The molecular weight excluding hydrogens is 843 g/mol. The van der Waals surface area contributed by atoms with Crippen molar-refractivity contribution in [1.29, 1.82) is 0 Å². The minimum atomic E-state index is -1.46. The third-order valence-corrected chi connectivity index (χ3v) is 10.5. The fraction of sp³-hybridized carbons (Fsp3) is 0.341. The second kappa shape index (κ2) is 23.0. The van der Waals surface area contributed by atoms with Crippen LogP contribution in [0.25, 0.3) is 0 Å². The molecule has 0 saturated carbocycles. The Balaban J connectivity index is 1.41. The van der Waals surface area contributed by atoms with Gasteiger partial charge in [0, 0.05) is 49.1 Å². The Morgan fingerprint density at radius 2 is 1.58 bits per heavy atom. The predicted molar refractivity (Wildman–Crippen MR) is 236 cm³/mol. The van der Waals surface area contributed by atoms with Gasteiger partial charge in [0.05, 0.1) is 18.8 Å². The third kappa shape index (κ3) is 14.6. The summed E-state index contributed by atoms with van der Waals surface area (Å²) in [5, 5.41) is 39.6. The van der Waals surface area contributed by atoms with Crippen molar-refractivity contribution in [2.45, 2.75) is 81.6 Å². The lowest BCUT2D eigenvalue weighted by molar-refractivity contribution is -0.144. The second-order valence-corrected chi connectivity index (χ2v) is 15.6. The molecule has 0 bridgehead atoms. The number of hydrogen-bond donors (Lipinski definition) is 11. The molecule has 4 aromatic rings. The number of hydrogen-bond acceptors (Lipinski definition) is 11. The Bertz CT molecular complexity index is 2340. The summed E-state index contributed by atoms with van der Waals surface area (Å²) in [7, 11) is 0. The molecule has 0 spiro atoms. The number of nitrogens with one attached hydrogen (secondary N) is 5. The first-order valence-electron chi connectivity index (χ1n) is 20.8. The van der Waals surface area contributed by atoms with Gasteiger partial charge < -0.3 is 63.7 Å². The van der Waals surface area contributed by atoms with Crippen molar-refractivity contribution in [2.24, 2.45) is 22.2 Å². The number of guanidine groups is 1. The minimum absolute atomic E-state index is 0.00554. The Morgan fingerprint density at radius 3 is 2.25 bits per heavy atom. The molecule has 1 aromatic heterocycles. The van der Waals surface area contributed by atoms with Gasteiger partial charge in [-0.1, -0.05) is 42.5 Å². The van der Waals surface area contributed by atoms with Crippen molar-refractivity contribution >= 4 is 53.1 Å². The van der Waals surface area contributed by atoms with Crippen LogP contribution in [0.4, 0.5) is 5.69 Å². The summed E-state index contributed by atoms with van der Waals surface area (Å²) < 4.78 is 0. The second-order valence-electron chi connectivity index (χ2n) is 15.6. The molecule has 0 radical (unpaired) electrons. The van der Waals surface area contributed by atoms with Crippen LogP contribution in [0.5, 0.6) is 5.75 Å². The van der Waals surface area contributed by atoms with Crippen molar-refractivity contribution in [3.05, 3.63) is 113 Å². The number of nitrogens with two attached hydrogens (primary N) is 3. The summed E-state index contributed by atoms with van der Waals surface area (Å²) in [4.78, 5) is 105. The number of nitrogens with zero attached hydrogens (tertiary/aromatic N) is 3. The van der Waals surface area contributed by atoms with Gasteiger partial charge in [-0.25, -0.2) is 9.78 Å². The van der Waals surface area contributed by atoms with Crippen LogP contribution in [0.1, 0.15) is 64.8 Å². The highest BCUT2D eigenvalue weighted by atomic mass is 16.4. The summed E-state index contributed by atoms with van der Waals surface area (Å²) in [6.45, 7) is 0.264. The summed E-state index contributed by atoms with van der Waals surface area (Å²) in [6, 6.07) is 13.4. The van der Waals surface area contributed by atoms with Gasteiger partial charge in [0.25, 0.3) is 5.91 Å². The lowest BCUT2D eigenvalue weighted by Gasteiger charge is -2.29. The number of carbonyl (C=O) groups excluding carboxylic acids is 5. The molecule has 5 atom stereocenters. The van der Waals surface area contributed by atoms with Crippen LogP contribution in [0.3, 0.4) is 0 Å². The van der Waals surface area contributed by atoms with Crippen molar-refractivity contribution in [3.63, 3.8) is 0 Å². The van der Waals surface area contributed by atoms with Crippen molar-refractivity contribution in [1.82, 2.24) is 30.8 Å². The van der Waals surface area contributed by atoms with Gasteiger partial charge in [-0.05, 0) is 79.1 Å². The van der Waals surface area contributed by atoms with Crippen LogP contribution in [0.2, 0.25) is 0 Å². The molecule has 5 rings (SSSR count). The van der Waals surface area contributed by atoms with E-state index >= 15 is 0 Å². The van der Waals surface area contributed by atoms with Crippen LogP contribution in [0, 0.1) is 0 Å². The number of aromatic amines is 1. The molecule has 1 fully saturated rings. The van der Waals surface area contributed by atoms with E-state index in [4.69, 9.17) is 22.3 Å². The number of H-pyrrole nitrogens is 1. The predicted octanol–water partition coefficient (Wildman–Crippen LogP) is 0.129. The molecule has 344 valence electrons. The number of aliphatic imine (C=N–C) groups is 1. The standard InChI is InChI=1S/C44H53N11O10/c45-32(22-37(57)58)39(60)52-33(8-4-14-49-44(46)47)40(61)51-29-18-27(16-26-10-12-31(56)13-11-26)17-28(20-29)38(59)53-34(21-30-23-48-24-50-30)42(63)55-15-5-9-36(55)41(62)54-35(43(64)65)19-25-6-2-1-3-7-25/h1-3,6-7,10-13,17-18,20,23-24,32-36,56H,4-5,8-9,14-16,19,21-22,45H2,(H,48,50)(H,51,61)(H,52,60)(H,53,59)(H,54,62)(H,57,58)(H,64,65)(H4,46,47,49)/t32-,33-,34-,35-,36-/m0/s1. The molecule has 2 heterocycles. The molecule has 5 amide bonds. The Kier molecular flexibility index (Phi) is 17.1. The number of imidazole rings is 1. The number of aliphatic carboxylic acids is 2. The van der Waals surface area contributed by atoms with Gasteiger partial charge in [-0.15, -0.1) is 0 Å². The zero-order chi connectivity index (χ0) is 47.0. The number of aromatic nitrogens is 2. The van der Waals surface area contributed by atoms with Crippen molar-refractivity contribution in [2.75, 3.05) is 18.4 Å². The van der Waals surface area contributed by atoms with E-state index in [1.54, 1.807) is 54.6 Å². The molecule has 3 aromatic carbocycles. The summed E-state index contributed by atoms with van der Waals surface area (Å²) in [6.07, 6.45) is 3.28. The maximum absolute atomic E-state index is 14.4. The molecule has 21 nitrogen and oxygen atoms in total. The number of likely N-dealkylation sites (tertiary alicyclic amines) is 1. The van der Waals surface area contributed by atoms with E-state index in [2.05, 4.69) is 36.2 Å². The maximum atomic E-state index is 14.4. The number of anilines is 1. The lowest BCUT2D eigenvalue weighted by Crippen LogP contribution is -2.56. The zero-order valence-corrected chi connectivity index (χ0v) is 35.3. The van der Waals surface area contributed by atoms with Crippen LogP contribution in [-0.4, -0.2) is 121 Å². The minimum Gasteiger partial charge on any atom is -0.508 e. The summed E-state index contributed by atoms with van der Waals surface area (Å²) in [5.74, 6) is -6.33. The summed E-state index contributed by atoms with van der Waals surface area (Å²) in [5.41, 5.74) is 19.2. The SMILES string of the molecule is NC(N)=NCCC[C@H](NC(=O)[C@@H](N)CC(=O)O)C(=O)Nc1cc(Cc2ccc(O)cc2)cc(C(=O)N[C@@H](Cc2cnc[nH]2)C(=O)N2CCC[C@H]2C(=O)N[C@@H](Cc2ccccc2)C(=O)O)c1. The normalized spacial score (nSPS) is 15.1. The Hall–Kier alpha value is -7.81. The van der Waals surface area contributed by atoms with Gasteiger partial charge in [-0.3, -0.25) is 33.8 Å². The molecule has 1 aliphatic heterocycles. The highest BCUT2D eigenvalue weighted by molar-refractivity contribution is 6.02. The maximum Gasteiger partial charge on any atom is 0.326 e. The van der Waals surface area contributed by atoms with Gasteiger partial charge in [0.2, 0.25) is 23.6 Å². The quantitative estimate of drug-likeness (QED) is 0.0284.